The third-order valence-corrected chi connectivity index (χ3v) is 5.11. The number of benzene rings is 2. The summed E-state index contributed by atoms with van der Waals surface area (Å²) < 4.78 is 5.63. The highest BCUT2D eigenvalue weighted by atomic mass is 16.5. The molecule has 1 aliphatic heterocycles. The molecule has 1 fully saturated rings. The fourth-order valence-electron chi connectivity index (χ4n) is 3.26. The van der Waals surface area contributed by atoms with Gasteiger partial charge in [-0.05, 0) is 42.2 Å². The Morgan fingerprint density at radius 3 is 2.07 bits per heavy atom. The van der Waals surface area contributed by atoms with E-state index in [1.165, 1.54) is 16.8 Å². The maximum Gasteiger partial charge on any atom is 0.260 e. The molecule has 0 aliphatic carbocycles. The summed E-state index contributed by atoms with van der Waals surface area (Å²) in [4.78, 5) is 16.7. The van der Waals surface area contributed by atoms with Gasteiger partial charge < -0.3 is 14.5 Å². The molecule has 2 aromatic rings. The highest BCUT2D eigenvalue weighted by Crippen LogP contribution is 2.25. The second-order valence-corrected chi connectivity index (χ2v) is 8.27. The van der Waals surface area contributed by atoms with E-state index in [9.17, 15) is 4.79 Å². The standard InChI is InChI=1S/C23H30N2O2/c1-18-5-11-21(12-6-18)27-17-22(26)25-15-13-24(14-16-25)20-9-7-19(8-10-20)23(2,3)4/h5-12H,13-17H2,1-4H3. The van der Waals surface area contributed by atoms with Crippen LogP contribution in [0.2, 0.25) is 0 Å². The minimum Gasteiger partial charge on any atom is -0.484 e. The summed E-state index contributed by atoms with van der Waals surface area (Å²) in [5, 5.41) is 0. The lowest BCUT2D eigenvalue weighted by Crippen LogP contribution is -2.50. The molecular weight excluding hydrogens is 336 g/mol. The lowest BCUT2D eigenvalue weighted by atomic mass is 9.87. The Hall–Kier alpha value is -2.49. The monoisotopic (exact) mass is 366 g/mol. The number of amides is 1. The van der Waals surface area contributed by atoms with Gasteiger partial charge in [0, 0.05) is 31.9 Å². The van der Waals surface area contributed by atoms with E-state index in [0.29, 0.717) is 0 Å². The Bertz CT molecular complexity index is 752. The largest absolute Gasteiger partial charge is 0.484 e. The number of ether oxygens (including phenoxy) is 1. The van der Waals surface area contributed by atoms with Gasteiger partial charge >= 0.3 is 0 Å². The molecule has 144 valence electrons. The van der Waals surface area contributed by atoms with Crippen LogP contribution in [0.5, 0.6) is 5.75 Å². The maximum atomic E-state index is 12.4. The van der Waals surface area contributed by atoms with Crippen LogP contribution in [0.15, 0.2) is 48.5 Å². The molecule has 4 nitrogen and oxygen atoms in total. The van der Waals surface area contributed by atoms with Crippen molar-refractivity contribution in [2.45, 2.75) is 33.1 Å². The molecule has 0 saturated carbocycles. The van der Waals surface area contributed by atoms with Gasteiger partial charge in [0.1, 0.15) is 5.75 Å². The van der Waals surface area contributed by atoms with E-state index in [1.807, 2.05) is 36.1 Å². The van der Waals surface area contributed by atoms with Crippen LogP contribution < -0.4 is 9.64 Å². The predicted octanol–water partition coefficient (Wildman–Crippen LogP) is 4.02. The summed E-state index contributed by atoms with van der Waals surface area (Å²) in [6, 6.07) is 16.6. The molecule has 0 bridgehead atoms. The second kappa shape index (κ2) is 8.03. The summed E-state index contributed by atoms with van der Waals surface area (Å²) in [6.07, 6.45) is 0. The zero-order chi connectivity index (χ0) is 19.4. The molecular formula is C23H30N2O2. The van der Waals surface area contributed by atoms with Crippen LogP contribution >= 0.6 is 0 Å². The van der Waals surface area contributed by atoms with E-state index in [2.05, 4.69) is 49.9 Å². The zero-order valence-electron chi connectivity index (χ0n) is 16.9. The Kier molecular flexibility index (Phi) is 5.73. The smallest absolute Gasteiger partial charge is 0.260 e. The van der Waals surface area contributed by atoms with E-state index in [4.69, 9.17) is 4.74 Å². The van der Waals surface area contributed by atoms with Crippen LogP contribution in [0.1, 0.15) is 31.9 Å². The number of nitrogens with zero attached hydrogens (tertiary/aromatic N) is 2. The average Bonchev–Trinajstić information content (AvgIpc) is 2.67. The number of rotatable bonds is 4. The van der Waals surface area contributed by atoms with E-state index in [0.717, 1.165) is 31.9 Å². The van der Waals surface area contributed by atoms with E-state index in [1.54, 1.807) is 0 Å². The molecule has 0 atom stereocenters. The molecule has 1 heterocycles. The lowest BCUT2D eigenvalue weighted by Gasteiger charge is -2.36. The molecule has 1 amide bonds. The van der Waals surface area contributed by atoms with Crippen molar-refractivity contribution in [3.05, 3.63) is 59.7 Å². The highest BCUT2D eigenvalue weighted by molar-refractivity contribution is 5.78. The zero-order valence-corrected chi connectivity index (χ0v) is 16.9. The van der Waals surface area contributed by atoms with Crippen LogP contribution in [0, 0.1) is 6.92 Å². The van der Waals surface area contributed by atoms with E-state index >= 15 is 0 Å². The van der Waals surface area contributed by atoms with Crippen LogP contribution in [0.4, 0.5) is 5.69 Å². The van der Waals surface area contributed by atoms with Gasteiger partial charge in [0.05, 0.1) is 0 Å². The number of carbonyl (C=O) groups is 1. The fraction of sp³-hybridized carbons (Fsp3) is 0.435. The minimum absolute atomic E-state index is 0.0540. The molecule has 1 saturated heterocycles. The summed E-state index contributed by atoms with van der Waals surface area (Å²) in [6.45, 7) is 12.0. The first kappa shape index (κ1) is 19.3. The first-order valence-corrected chi connectivity index (χ1v) is 9.66. The molecule has 0 aromatic heterocycles. The van der Waals surface area contributed by atoms with Gasteiger partial charge in [-0.15, -0.1) is 0 Å². The number of aryl methyl sites for hydroxylation is 1. The first-order valence-electron chi connectivity index (χ1n) is 9.66. The minimum atomic E-state index is 0.0540. The van der Waals surface area contributed by atoms with Gasteiger partial charge in [-0.3, -0.25) is 4.79 Å². The molecule has 1 aliphatic rings. The molecule has 2 aromatic carbocycles. The van der Waals surface area contributed by atoms with Crippen molar-refractivity contribution >= 4 is 11.6 Å². The Balaban J connectivity index is 1.49. The molecule has 0 unspecified atom stereocenters. The Morgan fingerprint density at radius 2 is 1.52 bits per heavy atom. The molecule has 0 N–H and O–H groups in total. The van der Waals surface area contributed by atoms with Gasteiger partial charge in [-0.2, -0.15) is 0 Å². The highest BCUT2D eigenvalue weighted by Gasteiger charge is 2.22. The maximum absolute atomic E-state index is 12.4. The third kappa shape index (κ3) is 5.03. The van der Waals surface area contributed by atoms with Crippen LogP contribution in [0.25, 0.3) is 0 Å². The Labute approximate surface area is 162 Å². The summed E-state index contributed by atoms with van der Waals surface area (Å²) in [7, 11) is 0. The van der Waals surface area contributed by atoms with E-state index < -0.39 is 0 Å². The normalized spacial score (nSPS) is 15.0. The summed E-state index contributed by atoms with van der Waals surface area (Å²) in [5.41, 5.74) is 3.92. The van der Waals surface area contributed by atoms with Crippen molar-refractivity contribution < 1.29 is 9.53 Å². The first-order chi connectivity index (χ1) is 12.8. The molecule has 0 spiro atoms. The number of hydrogen-bond donors (Lipinski definition) is 0. The van der Waals surface area contributed by atoms with Crippen molar-refractivity contribution in [2.24, 2.45) is 0 Å². The summed E-state index contributed by atoms with van der Waals surface area (Å²) in [5.74, 6) is 0.796. The molecule has 27 heavy (non-hydrogen) atoms. The number of carbonyl (C=O) groups excluding carboxylic acids is 1. The topological polar surface area (TPSA) is 32.8 Å². The quantitative estimate of drug-likeness (QED) is 0.819. The van der Waals surface area contributed by atoms with Crippen molar-refractivity contribution in [3.63, 3.8) is 0 Å². The number of anilines is 1. The van der Waals surface area contributed by atoms with Crippen LogP contribution in [-0.4, -0.2) is 43.6 Å². The average molecular weight is 367 g/mol. The molecule has 4 heteroatoms. The van der Waals surface area contributed by atoms with Gasteiger partial charge in [0.25, 0.3) is 5.91 Å². The van der Waals surface area contributed by atoms with Gasteiger partial charge in [-0.1, -0.05) is 50.6 Å². The van der Waals surface area contributed by atoms with Crippen molar-refractivity contribution in [1.29, 1.82) is 0 Å². The van der Waals surface area contributed by atoms with Gasteiger partial charge in [0.15, 0.2) is 6.61 Å². The SMILES string of the molecule is Cc1ccc(OCC(=O)N2CCN(c3ccc(C(C)(C)C)cc3)CC2)cc1. The van der Waals surface area contributed by atoms with Gasteiger partial charge in [0.2, 0.25) is 0 Å². The predicted molar refractivity (Wildman–Crippen MR) is 111 cm³/mol. The third-order valence-electron chi connectivity index (χ3n) is 5.11. The molecule has 3 rings (SSSR count). The number of hydrogen-bond acceptors (Lipinski definition) is 3. The van der Waals surface area contributed by atoms with Crippen LogP contribution in [0.3, 0.4) is 0 Å². The van der Waals surface area contributed by atoms with Crippen molar-refractivity contribution in [3.8, 4) is 5.75 Å². The van der Waals surface area contributed by atoms with E-state index in [-0.39, 0.29) is 17.9 Å². The van der Waals surface area contributed by atoms with Crippen molar-refractivity contribution in [2.75, 3.05) is 37.7 Å². The Morgan fingerprint density at radius 1 is 0.926 bits per heavy atom. The lowest BCUT2D eigenvalue weighted by molar-refractivity contribution is -0.133. The van der Waals surface area contributed by atoms with Crippen LogP contribution in [-0.2, 0) is 10.2 Å². The second-order valence-electron chi connectivity index (χ2n) is 8.27. The summed E-state index contributed by atoms with van der Waals surface area (Å²) >= 11 is 0. The van der Waals surface area contributed by atoms with Crippen molar-refractivity contribution in [1.82, 2.24) is 4.90 Å². The number of piperazine rings is 1. The fourth-order valence-corrected chi connectivity index (χ4v) is 3.26. The molecule has 0 radical (unpaired) electrons. The van der Waals surface area contributed by atoms with Gasteiger partial charge in [-0.25, -0.2) is 0 Å².